The zero-order chi connectivity index (χ0) is 15.2. The van der Waals surface area contributed by atoms with Crippen LogP contribution in [-0.2, 0) is 4.79 Å². The normalized spacial score (nSPS) is 11.2. The first kappa shape index (κ1) is 16.3. The number of amides is 1. The molecule has 0 atom stereocenters. The fraction of sp³-hybridized carbons (Fsp3) is 0.462. The molecule has 0 spiro atoms. The molecule has 7 heteroatoms. The Hall–Kier alpha value is -1.76. The SMILES string of the molecule is Cc1cccc(OCC(=O)N(CCO)CC(F)(F)F)c1. The molecule has 0 aliphatic heterocycles. The number of ether oxygens (including phenoxy) is 1. The van der Waals surface area contributed by atoms with E-state index in [1.807, 2.05) is 13.0 Å². The minimum Gasteiger partial charge on any atom is -0.484 e. The molecule has 1 amide bonds. The molecule has 0 radical (unpaired) electrons. The van der Waals surface area contributed by atoms with Crippen molar-refractivity contribution in [1.29, 1.82) is 0 Å². The lowest BCUT2D eigenvalue weighted by atomic mass is 10.2. The van der Waals surface area contributed by atoms with E-state index in [2.05, 4.69) is 0 Å². The van der Waals surface area contributed by atoms with Crippen LogP contribution in [0.15, 0.2) is 24.3 Å². The van der Waals surface area contributed by atoms with E-state index in [1.54, 1.807) is 18.2 Å². The molecule has 1 aromatic carbocycles. The van der Waals surface area contributed by atoms with Crippen molar-refractivity contribution in [3.63, 3.8) is 0 Å². The van der Waals surface area contributed by atoms with E-state index < -0.39 is 31.8 Å². The summed E-state index contributed by atoms with van der Waals surface area (Å²) in [6.07, 6.45) is -4.51. The lowest BCUT2D eigenvalue weighted by molar-refractivity contribution is -0.163. The lowest BCUT2D eigenvalue weighted by Crippen LogP contribution is -2.42. The second kappa shape index (κ2) is 7.14. The summed E-state index contributed by atoms with van der Waals surface area (Å²) >= 11 is 0. The number of hydrogen-bond acceptors (Lipinski definition) is 3. The number of alkyl halides is 3. The van der Waals surface area contributed by atoms with E-state index in [9.17, 15) is 18.0 Å². The van der Waals surface area contributed by atoms with E-state index >= 15 is 0 Å². The van der Waals surface area contributed by atoms with Crippen LogP contribution in [0.5, 0.6) is 5.75 Å². The van der Waals surface area contributed by atoms with Gasteiger partial charge in [-0.15, -0.1) is 0 Å². The molecule has 0 heterocycles. The van der Waals surface area contributed by atoms with E-state index in [0.29, 0.717) is 10.6 Å². The smallest absolute Gasteiger partial charge is 0.406 e. The summed E-state index contributed by atoms with van der Waals surface area (Å²) in [6.45, 7) is -0.985. The van der Waals surface area contributed by atoms with Crippen LogP contribution in [0.4, 0.5) is 13.2 Å². The first-order valence-electron chi connectivity index (χ1n) is 5.96. The molecular formula is C13H16F3NO3. The van der Waals surface area contributed by atoms with Crippen molar-refractivity contribution in [3.8, 4) is 5.75 Å². The average molecular weight is 291 g/mol. The van der Waals surface area contributed by atoms with Gasteiger partial charge in [-0.2, -0.15) is 13.2 Å². The van der Waals surface area contributed by atoms with Gasteiger partial charge in [0.2, 0.25) is 0 Å². The van der Waals surface area contributed by atoms with Gasteiger partial charge in [0.1, 0.15) is 12.3 Å². The maximum Gasteiger partial charge on any atom is 0.406 e. The fourth-order valence-corrected chi connectivity index (χ4v) is 1.57. The number of aliphatic hydroxyl groups is 1. The van der Waals surface area contributed by atoms with Gasteiger partial charge in [0.25, 0.3) is 5.91 Å². The molecule has 20 heavy (non-hydrogen) atoms. The molecule has 0 fully saturated rings. The van der Waals surface area contributed by atoms with Gasteiger partial charge in [-0.05, 0) is 24.6 Å². The summed E-state index contributed by atoms with van der Waals surface area (Å²) < 4.78 is 42.0. The minimum absolute atomic E-state index is 0.379. The van der Waals surface area contributed by atoms with Gasteiger partial charge in [0.05, 0.1) is 6.61 Å². The molecule has 1 N–H and O–H groups in total. The number of carbonyl (C=O) groups excluding carboxylic acids is 1. The summed E-state index contributed by atoms with van der Waals surface area (Å²) in [6, 6.07) is 6.83. The number of aliphatic hydroxyl groups excluding tert-OH is 1. The Balaban J connectivity index is 2.58. The molecule has 4 nitrogen and oxygen atoms in total. The van der Waals surface area contributed by atoms with Crippen LogP contribution in [-0.4, -0.2) is 48.4 Å². The molecular weight excluding hydrogens is 275 g/mol. The largest absolute Gasteiger partial charge is 0.484 e. The first-order valence-corrected chi connectivity index (χ1v) is 5.96. The third-order valence-electron chi connectivity index (χ3n) is 2.44. The number of aryl methyl sites for hydroxylation is 1. The van der Waals surface area contributed by atoms with Gasteiger partial charge in [0.15, 0.2) is 6.61 Å². The van der Waals surface area contributed by atoms with Gasteiger partial charge < -0.3 is 14.7 Å². The van der Waals surface area contributed by atoms with Crippen molar-refractivity contribution in [2.45, 2.75) is 13.1 Å². The molecule has 0 aromatic heterocycles. The molecule has 1 rings (SSSR count). The number of hydrogen-bond donors (Lipinski definition) is 1. The van der Waals surface area contributed by atoms with Crippen molar-refractivity contribution >= 4 is 5.91 Å². The van der Waals surface area contributed by atoms with Crippen molar-refractivity contribution in [3.05, 3.63) is 29.8 Å². The lowest BCUT2D eigenvalue weighted by Gasteiger charge is -2.23. The van der Waals surface area contributed by atoms with E-state index in [4.69, 9.17) is 9.84 Å². The maximum atomic E-state index is 12.3. The molecule has 0 saturated heterocycles. The Morgan fingerprint density at radius 3 is 2.65 bits per heavy atom. The Morgan fingerprint density at radius 1 is 1.40 bits per heavy atom. The Kier molecular flexibility index (Phi) is 5.82. The Labute approximate surface area is 114 Å². The van der Waals surface area contributed by atoms with Gasteiger partial charge >= 0.3 is 6.18 Å². The first-order chi connectivity index (χ1) is 9.31. The van der Waals surface area contributed by atoms with Crippen molar-refractivity contribution in [2.75, 3.05) is 26.3 Å². The minimum atomic E-state index is -4.51. The van der Waals surface area contributed by atoms with E-state index in [1.165, 1.54) is 0 Å². The molecule has 0 aliphatic rings. The Morgan fingerprint density at radius 2 is 2.10 bits per heavy atom. The fourth-order valence-electron chi connectivity index (χ4n) is 1.57. The number of rotatable bonds is 6. The van der Waals surface area contributed by atoms with Crippen molar-refractivity contribution < 1.29 is 27.8 Å². The number of benzene rings is 1. The highest BCUT2D eigenvalue weighted by atomic mass is 19.4. The highest BCUT2D eigenvalue weighted by Gasteiger charge is 2.32. The predicted molar refractivity (Wildman–Crippen MR) is 66.4 cm³/mol. The average Bonchev–Trinajstić information content (AvgIpc) is 2.34. The third kappa shape index (κ3) is 5.92. The van der Waals surface area contributed by atoms with E-state index in [-0.39, 0.29) is 6.54 Å². The van der Waals surface area contributed by atoms with E-state index in [0.717, 1.165) is 5.56 Å². The standard InChI is InChI=1S/C13H16F3NO3/c1-10-3-2-4-11(7-10)20-8-12(19)17(5-6-18)9-13(14,15)16/h2-4,7,18H,5-6,8-9H2,1H3. The third-order valence-corrected chi connectivity index (χ3v) is 2.44. The molecule has 112 valence electrons. The highest BCUT2D eigenvalue weighted by molar-refractivity contribution is 5.77. The number of carbonyl (C=O) groups is 1. The van der Waals surface area contributed by atoms with Crippen LogP contribution < -0.4 is 4.74 Å². The van der Waals surface area contributed by atoms with Crippen molar-refractivity contribution in [2.24, 2.45) is 0 Å². The molecule has 0 aliphatic carbocycles. The van der Waals surface area contributed by atoms with Crippen LogP contribution in [0.25, 0.3) is 0 Å². The van der Waals surface area contributed by atoms with Gasteiger partial charge in [-0.25, -0.2) is 0 Å². The number of halogens is 3. The van der Waals surface area contributed by atoms with Crippen LogP contribution in [0, 0.1) is 6.92 Å². The van der Waals surface area contributed by atoms with Gasteiger partial charge in [0, 0.05) is 6.54 Å². The summed E-state index contributed by atoms with van der Waals surface area (Å²) in [5, 5.41) is 8.70. The predicted octanol–water partition coefficient (Wildman–Crippen LogP) is 1.76. The molecule has 0 unspecified atom stereocenters. The zero-order valence-electron chi connectivity index (χ0n) is 11.0. The summed E-state index contributed by atoms with van der Waals surface area (Å²) in [5.41, 5.74) is 0.914. The highest BCUT2D eigenvalue weighted by Crippen LogP contribution is 2.17. The maximum absolute atomic E-state index is 12.3. The summed E-state index contributed by atoms with van der Waals surface area (Å²) in [4.78, 5) is 12.2. The molecule has 0 bridgehead atoms. The second-order valence-electron chi connectivity index (χ2n) is 4.26. The summed E-state index contributed by atoms with van der Waals surface area (Å²) in [7, 11) is 0. The summed E-state index contributed by atoms with van der Waals surface area (Å²) in [5.74, 6) is -0.410. The monoisotopic (exact) mass is 291 g/mol. The van der Waals surface area contributed by atoms with Crippen LogP contribution in [0.3, 0.4) is 0 Å². The zero-order valence-corrected chi connectivity index (χ0v) is 11.0. The second-order valence-corrected chi connectivity index (χ2v) is 4.26. The van der Waals surface area contributed by atoms with Crippen LogP contribution in [0.1, 0.15) is 5.56 Å². The number of nitrogens with zero attached hydrogens (tertiary/aromatic N) is 1. The topological polar surface area (TPSA) is 49.8 Å². The molecule has 1 aromatic rings. The van der Waals surface area contributed by atoms with Crippen LogP contribution >= 0.6 is 0 Å². The van der Waals surface area contributed by atoms with Crippen molar-refractivity contribution in [1.82, 2.24) is 4.90 Å². The van der Waals surface area contributed by atoms with Gasteiger partial charge in [-0.1, -0.05) is 12.1 Å². The van der Waals surface area contributed by atoms with Gasteiger partial charge in [-0.3, -0.25) is 4.79 Å². The quantitative estimate of drug-likeness (QED) is 0.869. The van der Waals surface area contributed by atoms with Crippen LogP contribution in [0.2, 0.25) is 0 Å². The Bertz CT molecular complexity index is 449. The molecule has 0 saturated carbocycles.